The quantitative estimate of drug-likeness (QED) is 0.258. The average molecular weight is 438 g/mol. The van der Waals surface area contributed by atoms with Crippen LogP contribution < -0.4 is 11.2 Å². The van der Waals surface area contributed by atoms with E-state index in [0.717, 1.165) is 0 Å². The Balaban J connectivity index is 1.56. The molecule has 31 heavy (non-hydrogen) atoms. The number of rotatable bonds is 6. The van der Waals surface area contributed by atoms with Gasteiger partial charge in [-0.1, -0.05) is 23.4 Å². The van der Waals surface area contributed by atoms with Crippen LogP contribution in [0.5, 0.6) is 0 Å². The molecule has 3 aromatic heterocycles. The normalized spacial score (nSPS) is 11.0. The summed E-state index contributed by atoms with van der Waals surface area (Å²) in [5.41, 5.74) is 9.62. The molecule has 3 heterocycles. The molecule has 0 aliphatic heterocycles. The van der Waals surface area contributed by atoms with E-state index in [-0.39, 0.29) is 17.3 Å². The predicted molar refractivity (Wildman–Crippen MR) is 110 cm³/mol. The molecule has 3 N–H and O–H groups in total. The zero-order valence-electron chi connectivity index (χ0n) is 15.9. The summed E-state index contributed by atoms with van der Waals surface area (Å²) < 4.78 is 10.6. The number of nitrogens with zero attached hydrogens (tertiary/aromatic N) is 6. The molecule has 4 rings (SSSR count). The van der Waals surface area contributed by atoms with Crippen molar-refractivity contribution < 1.29 is 19.0 Å². The van der Waals surface area contributed by atoms with E-state index in [2.05, 4.69) is 40.5 Å². The molecular weight excluding hydrogens is 424 g/mol. The fourth-order valence-corrected chi connectivity index (χ4v) is 3.35. The summed E-state index contributed by atoms with van der Waals surface area (Å²) >= 11 is 1.38. The van der Waals surface area contributed by atoms with Crippen LogP contribution in [0.15, 0.2) is 51.5 Å². The number of thiophene rings is 1. The molecule has 0 atom stereocenters. The summed E-state index contributed by atoms with van der Waals surface area (Å²) in [6.45, 7) is 0. The molecule has 156 valence electrons. The second-order valence-electron chi connectivity index (χ2n) is 5.96. The van der Waals surface area contributed by atoms with Crippen LogP contribution in [0.25, 0.3) is 16.4 Å². The number of hydrogen-bond acceptors (Lipinski definition) is 11. The summed E-state index contributed by atoms with van der Waals surface area (Å²) in [5.74, 6) is -0.914. The van der Waals surface area contributed by atoms with Gasteiger partial charge in [0.15, 0.2) is 5.69 Å². The van der Waals surface area contributed by atoms with Crippen LogP contribution in [0.4, 0.5) is 5.82 Å². The van der Waals surface area contributed by atoms with Gasteiger partial charge < -0.3 is 10.5 Å². The van der Waals surface area contributed by atoms with Gasteiger partial charge in [-0.15, -0.1) is 16.4 Å². The van der Waals surface area contributed by atoms with Crippen molar-refractivity contribution in [2.24, 2.45) is 5.10 Å². The molecule has 4 aromatic rings. The van der Waals surface area contributed by atoms with Crippen molar-refractivity contribution in [2.75, 3.05) is 12.8 Å². The fourth-order valence-electron chi connectivity index (χ4n) is 2.60. The van der Waals surface area contributed by atoms with E-state index in [1.807, 2.05) is 11.4 Å². The molecule has 1 aromatic carbocycles. The number of anilines is 1. The van der Waals surface area contributed by atoms with Gasteiger partial charge in [-0.25, -0.2) is 14.8 Å². The van der Waals surface area contributed by atoms with Gasteiger partial charge in [0.05, 0.1) is 23.8 Å². The van der Waals surface area contributed by atoms with Crippen LogP contribution in [0, 0.1) is 0 Å². The number of aromatic nitrogens is 5. The van der Waals surface area contributed by atoms with Gasteiger partial charge in [-0.2, -0.15) is 9.78 Å². The molecule has 0 aliphatic rings. The van der Waals surface area contributed by atoms with Crippen LogP contribution in [-0.4, -0.2) is 50.5 Å². The Kier molecular flexibility index (Phi) is 5.49. The maximum atomic E-state index is 12.7. The SMILES string of the molecule is COC(=O)c1ccc(C=NNC(=O)c2nnn(-c3nonc3N)c2-c2cccs2)cc1. The molecule has 0 unspecified atom stereocenters. The number of hydrogen-bond donors (Lipinski definition) is 2. The molecule has 0 saturated heterocycles. The summed E-state index contributed by atoms with van der Waals surface area (Å²) in [7, 11) is 1.31. The van der Waals surface area contributed by atoms with Gasteiger partial charge in [0, 0.05) is 0 Å². The fraction of sp³-hybridized carbons (Fsp3) is 0.0556. The van der Waals surface area contributed by atoms with Crippen LogP contribution >= 0.6 is 11.3 Å². The number of carbonyl (C=O) groups is 2. The van der Waals surface area contributed by atoms with Crippen molar-refractivity contribution >= 4 is 35.2 Å². The molecule has 0 spiro atoms. The number of benzene rings is 1. The molecular formula is C18H14N8O4S. The van der Waals surface area contributed by atoms with Crippen molar-refractivity contribution in [2.45, 2.75) is 0 Å². The highest BCUT2D eigenvalue weighted by molar-refractivity contribution is 7.13. The monoisotopic (exact) mass is 438 g/mol. The second-order valence-corrected chi connectivity index (χ2v) is 6.91. The first-order valence-electron chi connectivity index (χ1n) is 8.68. The lowest BCUT2D eigenvalue weighted by atomic mass is 10.1. The number of ether oxygens (including phenoxy) is 1. The van der Waals surface area contributed by atoms with Crippen molar-refractivity contribution in [3.8, 4) is 16.4 Å². The van der Waals surface area contributed by atoms with E-state index < -0.39 is 11.9 Å². The molecule has 0 fully saturated rings. The Bertz CT molecular complexity index is 1240. The molecule has 0 aliphatic carbocycles. The van der Waals surface area contributed by atoms with Gasteiger partial charge in [0.25, 0.3) is 5.91 Å². The van der Waals surface area contributed by atoms with Gasteiger partial charge in [0.1, 0.15) is 5.69 Å². The Morgan fingerprint density at radius 3 is 2.71 bits per heavy atom. The van der Waals surface area contributed by atoms with Gasteiger partial charge >= 0.3 is 5.97 Å². The molecule has 13 heteroatoms. The lowest BCUT2D eigenvalue weighted by Gasteiger charge is -2.03. The molecule has 0 radical (unpaired) electrons. The zero-order chi connectivity index (χ0) is 21.8. The predicted octanol–water partition coefficient (Wildman–Crippen LogP) is 1.51. The van der Waals surface area contributed by atoms with Gasteiger partial charge in [-0.05, 0) is 39.5 Å². The number of methoxy groups -OCH3 is 1. The largest absolute Gasteiger partial charge is 0.465 e. The Morgan fingerprint density at radius 2 is 2.06 bits per heavy atom. The number of esters is 1. The highest BCUT2D eigenvalue weighted by Gasteiger charge is 2.25. The van der Waals surface area contributed by atoms with Gasteiger partial charge in [-0.3, -0.25) is 4.79 Å². The average Bonchev–Trinajstić information content (AvgIpc) is 3.53. The number of nitrogens with one attached hydrogen (secondary N) is 1. The van der Waals surface area contributed by atoms with Gasteiger partial charge in [0.2, 0.25) is 11.6 Å². The summed E-state index contributed by atoms with van der Waals surface area (Å²) in [6.07, 6.45) is 1.42. The van der Waals surface area contributed by atoms with Crippen LogP contribution in [0.2, 0.25) is 0 Å². The minimum Gasteiger partial charge on any atom is -0.465 e. The highest BCUT2D eigenvalue weighted by Crippen LogP contribution is 2.29. The van der Waals surface area contributed by atoms with E-state index in [4.69, 9.17) is 5.73 Å². The lowest BCUT2D eigenvalue weighted by molar-refractivity contribution is 0.0600. The first-order chi connectivity index (χ1) is 15.1. The molecule has 12 nitrogen and oxygen atoms in total. The topological polar surface area (TPSA) is 163 Å². The van der Waals surface area contributed by atoms with E-state index in [1.165, 1.54) is 29.3 Å². The van der Waals surface area contributed by atoms with Crippen molar-refractivity contribution in [3.63, 3.8) is 0 Å². The van der Waals surface area contributed by atoms with E-state index in [9.17, 15) is 9.59 Å². The number of nitrogens with two attached hydrogens (primary N) is 1. The summed E-state index contributed by atoms with van der Waals surface area (Å²) in [5, 5.41) is 21.0. The summed E-state index contributed by atoms with van der Waals surface area (Å²) in [4.78, 5) is 24.9. The van der Waals surface area contributed by atoms with Crippen molar-refractivity contribution in [1.29, 1.82) is 0 Å². The first-order valence-corrected chi connectivity index (χ1v) is 9.56. The van der Waals surface area contributed by atoms with E-state index in [1.54, 1.807) is 30.3 Å². The third-order valence-electron chi connectivity index (χ3n) is 4.05. The molecule has 0 bridgehead atoms. The Labute approximate surface area is 178 Å². The van der Waals surface area contributed by atoms with Crippen LogP contribution in [-0.2, 0) is 4.74 Å². The van der Waals surface area contributed by atoms with Crippen LogP contribution in [0.3, 0.4) is 0 Å². The second kappa shape index (κ2) is 8.54. The number of hydrazone groups is 1. The number of nitrogen functional groups attached to an aromatic ring is 1. The Hall–Kier alpha value is -4.39. The lowest BCUT2D eigenvalue weighted by Crippen LogP contribution is -2.19. The third-order valence-corrected chi connectivity index (χ3v) is 4.92. The van der Waals surface area contributed by atoms with Crippen LogP contribution in [0.1, 0.15) is 26.4 Å². The maximum absolute atomic E-state index is 12.7. The number of carbonyl (C=O) groups excluding carboxylic acids is 2. The maximum Gasteiger partial charge on any atom is 0.337 e. The standard InChI is InChI=1S/C18H14N8O4S/c1-29-18(28)11-6-4-10(5-7-11)9-20-22-17(27)13-14(12-3-2-8-31-12)26(25-21-13)16-15(19)23-30-24-16/h2-9H,1H3,(H2,19,23)(H,22,27). The molecule has 0 saturated carbocycles. The minimum atomic E-state index is -0.591. The molecule has 1 amide bonds. The van der Waals surface area contributed by atoms with Crippen molar-refractivity contribution in [3.05, 3.63) is 58.6 Å². The zero-order valence-corrected chi connectivity index (χ0v) is 16.7. The highest BCUT2D eigenvalue weighted by atomic mass is 32.1. The van der Waals surface area contributed by atoms with E-state index in [0.29, 0.717) is 21.7 Å². The summed E-state index contributed by atoms with van der Waals surface area (Å²) in [6, 6.07) is 10.1. The van der Waals surface area contributed by atoms with E-state index >= 15 is 0 Å². The third kappa shape index (κ3) is 4.02. The minimum absolute atomic E-state index is 0.00286. The smallest absolute Gasteiger partial charge is 0.337 e. The first kappa shape index (κ1) is 19.9. The number of amides is 1. The Morgan fingerprint density at radius 1 is 1.26 bits per heavy atom. The van der Waals surface area contributed by atoms with Crippen molar-refractivity contribution in [1.82, 2.24) is 30.7 Å².